The molecule has 0 bridgehead atoms. The quantitative estimate of drug-likeness (QED) is 0.847. The molecule has 0 radical (unpaired) electrons. The number of benzene rings is 1. The molecule has 0 N–H and O–H groups in total. The standard InChI is InChI=1S/C17H23NO2/c19-17(15-8-11-20-12-9-15)18-10-4-7-16(18)13-14-5-2-1-3-6-14/h1-3,5-6,15-16H,4,7-13H2. The highest BCUT2D eigenvalue weighted by Gasteiger charge is 2.33. The van der Waals surface area contributed by atoms with Crippen LogP contribution in [0.2, 0.25) is 0 Å². The van der Waals surface area contributed by atoms with Crippen LogP contribution in [0, 0.1) is 5.92 Å². The summed E-state index contributed by atoms with van der Waals surface area (Å²) < 4.78 is 5.36. The number of nitrogens with zero attached hydrogens (tertiary/aromatic N) is 1. The lowest BCUT2D eigenvalue weighted by atomic mass is 9.97. The summed E-state index contributed by atoms with van der Waals surface area (Å²) in [5, 5.41) is 0. The first-order valence-corrected chi connectivity index (χ1v) is 7.77. The van der Waals surface area contributed by atoms with Gasteiger partial charge < -0.3 is 9.64 Å². The van der Waals surface area contributed by atoms with Gasteiger partial charge in [-0.25, -0.2) is 0 Å². The monoisotopic (exact) mass is 273 g/mol. The van der Waals surface area contributed by atoms with Crippen molar-refractivity contribution >= 4 is 5.91 Å². The minimum absolute atomic E-state index is 0.195. The van der Waals surface area contributed by atoms with E-state index >= 15 is 0 Å². The maximum Gasteiger partial charge on any atom is 0.226 e. The first-order chi connectivity index (χ1) is 9.84. The number of rotatable bonds is 3. The van der Waals surface area contributed by atoms with Crippen LogP contribution in [0.4, 0.5) is 0 Å². The van der Waals surface area contributed by atoms with E-state index in [0.29, 0.717) is 11.9 Å². The molecule has 1 amide bonds. The molecule has 3 rings (SSSR count). The summed E-state index contributed by atoms with van der Waals surface area (Å²) in [5.74, 6) is 0.562. The molecule has 20 heavy (non-hydrogen) atoms. The molecular formula is C17H23NO2. The Labute approximate surface area is 120 Å². The number of carbonyl (C=O) groups excluding carboxylic acids is 1. The SMILES string of the molecule is O=C(C1CCOCC1)N1CCCC1Cc1ccccc1. The minimum Gasteiger partial charge on any atom is -0.381 e. The summed E-state index contributed by atoms with van der Waals surface area (Å²) in [6.07, 6.45) is 5.08. The molecule has 0 spiro atoms. The fraction of sp³-hybridized carbons (Fsp3) is 0.588. The van der Waals surface area contributed by atoms with Gasteiger partial charge in [-0.3, -0.25) is 4.79 Å². The Bertz CT molecular complexity index is 440. The van der Waals surface area contributed by atoms with E-state index in [2.05, 4.69) is 29.2 Å². The summed E-state index contributed by atoms with van der Waals surface area (Å²) in [6, 6.07) is 10.9. The summed E-state index contributed by atoms with van der Waals surface area (Å²) in [5.41, 5.74) is 1.34. The van der Waals surface area contributed by atoms with Crippen LogP contribution >= 0.6 is 0 Å². The van der Waals surface area contributed by atoms with E-state index < -0.39 is 0 Å². The average Bonchev–Trinajstić information content (AvgIpc) is 2.96. The van der Waals surface area contributed by atoms with E-state index in [4.69, 9.17) is 4.74 Å². The van der Waals surface area contributed by atoms with Crippen molar-refractivity contribution in [3.63, 3.8) is 0 Å². The van der Waals surface area contributed by atoms with Crippen molar-refractivity contribution < 1.29 is 9.53 Å². The predicted molar refractivity (Wildman–Crippen MR) is 78.4 cm³/mol. The van der Waals surface area contributed by atoms with Gasteiger partial charge in [-0.2, -0.15) is 0 Å². The van der Waals surface area contributed by atoms with E-state index in [0.717, 1.165) is 51.9 Å². The van der Waals surface area contributed by atoms with Gasteiger partial charge in [0.1, 0.15) is 0 Å². The van der Waals surface area contributed by atoms with Gasteiger partial charge in [-0.1, -0.05) is 30.3 Å². The van der Waals surface area contributed by atoms with Crippen LogP contribution in [0.1, 0.15) is 31.2 Å². The van der Waals surface area contributed by atoms with Gasteiger partial charge in [0.25, 0.3) is 0 Å². The van der Waals surface area contributed by atoms with Crippen LogP contribution in [-0.4, -0.2) is 36.6 Å². The third-order valence-electron chi connectivity index (χ3n) is 4.54. The zero-order chi connectivity index (χ0) is 13.8. The molecule has 0 saturated carbocycles. The summed E-state index contributed by atoms with van der Waals surface area (Å²) >= 11 is 0. The third kappa shape index (κ3) is 3.04. The molecule has 2 fully saturated rings. The highest BCUT2D eigenvalue weighted by Crippen LogP contribution is 2.26. The second-order valence-corrected chi connectivity index (χ2v) is 5.90. The topological polar surface area (TPSA) is 29.5 Å². The number of hydrogen-bond donors (Lipinski definition) is 0. The van der Waals surface area contributed by atoms with E-state index in [-0.39, 0.29) is 5.92 Å². The lowest BCUT2D eigenvalue weighted by molar-refractivity contribution is -0.139. The van der Waals surface area contributed by atoms with E-state index in [1.165, 1.54) is 5.56 Å². The zero-order valence-electron chi connectivity index (χ0n) is 12.0. The van der Waals surface area contributed by atoms with Gasteiger partial charge in [0, 0.05) is 31.7 Å². The normalized spacial score (nSPS) is 24.0. The second-order valence-electron chi connectivity index (χ2n) is 5.90. The Morgan fingerprint density at radius 1 is 1.15 bits per heavy atom. The first-order valence-electron chi connectivity index (χ1n) is 7.77. The highest BCUT2D eigenvalue weighted by atomic mass is 16.5. The molecule has 2 heterocycles. The lowest BCUT2D eigenvalue weighted by Gasteiger charge is -2.30. The van der Waals surface area contributed by atoms with Crippen LogP contribution in [-0.2, 0) is 16.0 Å². The number of amides is 1. The molecule has 1 unspecified atom stereocenters. The van der Waals surface area contributed by atoms with Crippen molar-refractivity contribution in [1.29, 1.82) is 0 Å². The van der Waals surface area contributed by atoms with Gasteiger partial charge in [-0.15, -0.1) is 0 Å². The van der Waals surface area contributed by atoms with Crippen molar-refractivity contribution in [3.8, 4) is 0 Å². The Hall–Kier alpha value is -1.35. The average molecular weight is 273 g/mol. The molecule has 3 nitrogen and oxygen atoms in total. The molecule has 2 aliphatic heterocycles. The van der Waals surface area contributed by atoms with Gasteiger partial charge in [-0.05, 0) is 37.7 Å². The maximum atomic E-state index is 12.7. The van der Waals surface area contributed by atoms with Gasteiger partial charge >= 0.3 is 0 Å². The van der Waals surface area contributed by atoms with E-state index in [9.17, 15) is 4.79 Å². The Kier molecular flexibility index (Phi) is 4.36. The first kappa shape index (κ1) is 13.6. The second kappa shape index (κ2) is 6.40. The van der Waals surface area contributed by atoms with Crippen molar-refractivity contribution in [2.45, 2.75) is 38.1 Å². The molecule has 0 aromatic heterocycles. The van der Waals surface area contributed by atoms with Crippen molar-refractivity contribution in [2.75, 3.05) is 19.8 Å². The van der Waals surface area contributed by atoms with Crippen LogP contribution in [0.5, 0.6) is 0 Å². The molecular weight excluding hydrogens is 250 g/mol. The number of carbonyl (C=O) groups is 1. The van der Waals surface area contributed by atoms with Crippen LogP contribution in [0.15, 0.2) is 30.3 Å². The van der Waals surface area contributed by atoms with Crippen LogP contribution < -0.4 is 0 Å². The highest BCUT2D eigenvalue weighted by molar-refractivity contribution is 5.79. The molecule has 1 aromatic rings. The number of hydrogen-bond acceptors (Lipinski definition) is 2. The third-order valence-corrected chi connectivity index (χ3v) is 4.54. The lowest BCUT2D eigenvalue weighted by Crippen LogP contribution is -2.42. The van der Waals surface area contributed by atoms with Crippen molar-refractivity contribution in [1.82, 2.24) is 4.90 Å². The molecule has 2 saturated heterocycles. The summed E-state index contributed by atoms with van der Waals surface area (Å²) in [4.78, 5) is 14.8. The number of likely N-dealkylation sites (tertiary alicyclic amines) is 1. The molecule has 108 valence electrons. The molecule has 1 aromatic carbocycles. The van der Waals surface area contributed by atoms with Gasteiger partial charge in [0.15, 0.2) is 0 Å². The van der Waals surface area contributed by atoms with E-state index in [1.54, 1.807) is 0 Å². The summed E-state index contributed by atoms with van der Waals surface area (Å²) in [6.45, 7) is 2.43. The largest absolute Gasteiger partial charge is 0.381 e. The van der Waals surface area contributed by atoms with Crippen molar-refractivity contribution in [2.24, 2.45) is 5.92 Å². The van der Waals surface area contributed by atoms with Crippen molar-refractivity contribution in [3.05, 3.63) is 35.9 Å². The maximum absolute atomic E-state index is 12.7. The van der Waals surface area contributed by atoms with E-state index in [1.807, 2.05) is 6.07 Å². The fourth-order valence-electron chi connectivity index (χ4n) is 3.40. The number of ether oxygens (including phenoxy) is 1. The predicted octanol–water partition coefficient (Wildman–Crippen LogP) is 2.65. The summed E-state index contributed by atoms with van der Waals surface area (Å²) in [7, 11) is 0. The Balaban J connectivity index is 1.64. The molecule has 0 aliphatic carbocycles. The molecule has 3 heteroatoms. The van der Waals surface area contributed by atoms with Gasteiger partial charge in [0.2, 0.25) is 5.91 Å². The minimum atomic E-state index is 0.195. The molecule has 2 aliphatic rings. The van der Waals surface area contributed by atoms with Gasteiger partial charge in [0.05, 0.1) is 0 Å². The zero-order valence-corrected chi connectivity index (χ0v) is 12.0. The van der Waals surface area contributed by atoms with Crippen LogP contribution in [0.25, 0.3) is 0 Å². The smallest absolute Gasteiger partial charge is 0.226 e. The Morgan fingerprint density at radius 3 is 2.65 bits per heavy atom. The van der Waals surface area contributed by atoms with Crippen LogP contribution in [0.3, 0.4) is 0 Å². The Morgan fingerprint density at radius 2 is 1.90 bits per heavy atom. The fourth-order valence-corrected chi connectivity index (χ4v) is 3.40. The molecule has 1 atom stereocenters.